The van der Waals surface area contributed by atoms with E-state index in [1.165, 1.54) is 25.3 Å². The summed E-state index contributed by atoms with van der Waals surface area (Å²) in [5, 5.41) is 6.20. The second kappa shape index (κ2) is 9.39. The van der Waals surface area contributed by atoms with Gasteiger partial charge < -0.3 is 15.5 Å². The third kappa shape index (κ3) is 5.22. The van der Waals surface area contributed by atoms with Crippen LogP contribution in [0.25, 0.3) is 21.5 Å². The molecule has 0 saturated heterocycles. The van der Waals surface area contributed by atoms with Crippen LogP contribution in [-0.2, 0) is 23.7 Å². The van der Waals surface area contributed by atoms with Crippen molar-refractivity contribution in [2.24, 2.45) is 11.7 Å². The van der Waals surface area contributed by atoms with Gasteiger partial charge in [0.2, 0.25) is 5.91 Å². The number of pyridine rings is 1. The van der Waals surface area contributed by atoms with Crippen molar-refractivity contribution < 1.29 is 40.3 Å². The van der Waals surface area contributed by atoms with Gasteiger partial charge in [0.1, 0.15) is 21.2 Å². The summed E-state index contributed by atoms with van der Waals surface area (Å²) >= 11 is 0.567. The molecular weight excluding hydrogens is 552 g/mol. The van der Waals surface area contributed by atoms with Crippen LogP contribution in [0.4, 0.5) is 32.0 Å². The number of thiophene rings is 1. The number of primary amides is 1. The van der Waals surface area contributed by atoms with Crippen molar-refractivity contribution in [3.63, 3.8) is 0 Å². The highest BCUT2D eigenvalue weighted by molar-refractivity contribution is 7.21. The zero-order chi connectivity index (χ0) is 28.3. The number of fused-ring (bicyclic) bond motifs is 1. The molecule has 15 heteroatoms. The quantitative estimate of drug-likeness (QED) is 0.263. The number of rotatable bonds is 7. The van der Waals surface area contributed by atoms with Crippen molar-refractivity contribution in [3.05, 3.63) is 52.5 Å². The third-order valence-electron chi connectivity index (χ3n) is 6.20. The Kier molecular flexibility index (Phi) is 6.44. The Hall–Kier alpha value is -3.88. The molecule has 1 aliphatic rings. The van der Waals surface area contributed by atoms with Crippen LogP contribution in [-0.4, -0.2) is 26.6 Å². The summed E-state index contributed by atoms with van der Waals surface area (Å²) in [7, 11) is 0. The molecule has 206 valence electrons. The van der Waals surface area contributed by atoms with Crippen LogP contribution in [0.3, 0.4) is 0 Å². The van der Waals surface area contributed by atoms with Gasteiger partial charge in [-0.1, -0.05) is 6.92 Å². The predicted molar refractivity (Wildman–Crippen MR) is 128 cm³/mol. The molecule has 3 N–H and O–H groups in total. The second-order valence-electron chi connectivity index (χ2n) is 9.18. The molecule has 0 aliphatic heterocycles. The lowest BCUT2D eigenvalue weighted by molar-refractivity contribution is -0.142. The first-order valence-electron chi connectivity index (χ1n) is 11.6. The average molecular weight is 572 g/mol. The number of carbonyl (C=O) groups excluding carboxylic acids is 2. The largest absolute Gasteiger partial charge is 0.464 e. The number of nitrogens with one attached hydrogen (secondary N) is 1. The van der Waals surface area contributed by atoms with E-state index in [1.807, 2.05) is 0 Å². The molecule has 39 heavy (non-hydrogen) atoms. The molecule has 4 aromatic rings. The molecule has 5 rings (SSSR count). The zero-order valence-corrected chi connectivity index (χ0v) is 20.8. The Bertz CT molecular complexity index is 1570. The number of hydrogen-bond donors (Lipinski definition) is 2. The fourth-order valence-corrected chi connectivity index (χ4v) is 5.18. The standard InChI is InChI=1S/C24H19F6N5O3S/c1-10(9-35-13(11-4-5-11)8-16(34-35)24(28,29)30)21(37)33-18-17-12(14-3-2-6-38-14)7-15(23(25,26)27)32-22(17)39-19(18)20(31)36/h2-3,6-8,10-11H,4-5,9H2,1H3,(H2,31,36)(H,33,37). The monoisotopic (exact) mass is 571 g/mol. The summed E-state index contributed by atoms with van der Waals surface area (Å²) in [5.41, 5.74) is 3.30. The number of nitrogens with zero attached hydrogens (tertiary/aromatic N) is 3. The Balaban J connectivity index is 1.53. The van der Waals surface area contributed by atoms with Crippen LogP contribution < -0.4 is 11.1 Å². The highest BCUT2D eigenvalue weighted by Crippen LogP contribution is 2.44. The number of amides is 2. The predicted octanol–water partition coefficient (Wildman–Crippen LogP) is 6.04. The highest BCUT2D eigenvalue weighted by atomic mass is 32.1. The van der Waals surface area contributed by atoms with Crippen LogP contribution in [0, 0.1) is 5.92 Å². The minimum absolute atomic E-state index is 0.00872. The Morgan fingerprint density at radius 1 is 1.18 bits per heavy atom. The minimum atomic E-state index is -4.82. The van der Waals surface area contributed by atoms with Gasteiger partial charge in [0.15, 0.2) is 5.69 Å². The van der Waals surface area contributed by atoms with Crippen molar-refractivity contribution in [1.82, 2.24) is 14.8 Å². The van der Waals surface area contributed by atoms with E-state index in [-0.39, 0.29) is 44.6 Å². The number of carbonyl (C=O) groups is 2. The highest BCUT2D eigenvalue weighted by Gasteiger charge is 2.39. The molecule has 4 heterocycles. The van der Waals surface area contributed by atoms with E-state index >= 15 is 0 Å². The number of alkyl halides is 6. The normalized spacial score (nSPS) is 15.1. The maximum atomic E-state index is 13.6. The zero-order valence-electron chi connectivity index (χ0n) is 20.0. The third-order valence-corrected chi connectivity index (χ3v) is 7.30. The second-order valence-corrected chi connectivity index (χ2v) is 10.2. The molecule has 8 nitrogen and oxygen atoms in total. The van der Waals surface area contributed by atoms with Crippen molar-refractivity contribution in [1.29, 1.82) is 0 Å². The van der Waals surface area contributed by atoms with E-state index in [0.717, 1.165) is 16.8 Å². The van der Waals surface area contributed by atoms with Gasteiger partial charge in [-0.05, 0) is 37.1 Å². The molecule has 1 atom stereocenters. The Labute approximate surface area is 219 Å². The van der Waals surface area contributed by atoms with Gasteiger partial charge in [-0.2, -0.15) is 31.4 Å². The van der Waals surface area contributed by atoms with Crippen molar-refractivity contribution in [2.75, 3.05) is 5.32 Å². The van der Waals surface area contributed by atoms with Gasteiger partial charge in [0, 0.05) is 22.6 Å². The molecule has 1 fully saturated rings. The summed E-state index contributed by atoms with van der Waals surface area (Å²) in [6.07, 6.45) is -6.82. The molecular formula is C24H19F6N5O3S. The van der Waals surface area contributed by atoms with Crippen LogP contribution >= 0.6 is 11.3 Å². The molecule has 1 saturated carbocycles. The molecule has 4 aromatic heterocycles. The van der Waals surface area contributed by atoms with Crippen LogP contribution in [0.5, 0.6) is 0 Å². The van der Waals surface area contributed by atoms with Gasteiger partial charge in [-0.25, -0.2) is 4.98 Å². The van der Waals surface area contributed by atoms with E-state index in [1.54, 1.807) is 0 Å². The first kappa shape index (κ1) is 26.7. The summed E-state index contributed by atoms with van der Waals surface area (Å²) < 4.78 is 86.9. The molecule has 2 amide bonds. The summed E-state index contributed by atoms with van der Waals surface area (Å²) in [4.78, 5) is 28.6. The lowest BCUT2D eigenvalue weighted by atomic mass is 10.1. The van der Waals surface area contributed by atoms with Crippen LogP contribution in [0.2, 0.25) is 0 Å². The SMILES string of the molecule is CC(Cn1nc(C(F)(F)F)cc1C1CC1)C(=O)Nc1c(C(N)=O)sc2nc(C(F)(F)F)cc(-c3ccco3)c12. The number of anilines is 1. The van der Waals surface area contributed by atoms with Crippen molar-refractivity contribution in [2.45, 2.75) is 44.6 Å². The number of furan rings is 1. The van der Waals surface area contributed by atoms with Crippen molar-refractivity contribution in [3.8, 4) is 11.3 Å². The summed E-state index contributed by atoms with van der Waals surface area (Å²) in [6, 6.07) is 4.56. The molecule has 1 aliphatic carbocycles. The van der Waals surface area contributed by atoms with E-state index in [9.17, 15) is 35.9 Å². The fraction of sp³-hybridized carbons (Fsp3) is 0.333. The molecule has 0 radical (unpaired) electrons. The van der Waals surface area contributed by atoms with E-state index < -0.39 is 41.5 Å². The molecule has 0 aromatic carbocycles. The lowest BCUT2D eigenvalue weighted by Crippen LogP contribution is -2.26. The number of aromatic nitrogens is 3. The summed E-state index contributed by atoms with van der Waals surface area (Å²) in [6.45, 7) is 1.25. The smallest absolute Gasteiger partial charge is 0.435 e. The van der Waals surface area contributed by atoms with Gasteiger partial charge in [0.05, 0.1) is 24.4 Å². The first-order valence-corrected chi connectivity index (χ1v) is 12.4. The van der Waals surface area contributed by atoms with Crippen LogP contribution in [0.1, 0.15) is 52.4 Å². The minimum Gasteiger partial charge on any atom is -0.464 e. The van der Waals surface area contributed by atoms with Gasteiger partial charge >= 0.3 is 12.4 Å². The average Bonchev–Trinajstić information content (AvgIpc) is 3.23. The number of nitrogens with two attached hydrogens (primary N) is 1. The Morgan fingerprint density at radius 3 is 2.44 bits per heavy atom. The lowest BCUT2D eigenvalue weighted by Gasteiger charge is -2.15. The summed E-state index contributed by atoms with van der Waals surface area (Å²) in [5.74, 6) is -2.74. The molecule has 0 spiro atoms. The maximum Gasteiger partial charge on any atom is 0.435 e. The van der Waals surface area contributed by atoms with Crippen LogP contribution in [0.15, 0.2) is 34.9 Å². The number of halogens is 6. The fourth-order valence-electron chi connectivity index (χ4n) is 4.17. The number of hydrogen-bond acceptors (Lipinski definition) is 6. The van der Waals surface area contributed by atoms with E-state index in [0.29, 0.717) is 29.9 Å². The van der Waals surface area contributed by atoms with Crippen molar-refractivity contribution >= 4 is 39.1 Å². The molecule has 1 unspecified atom stereocenters. The first-order chi connectivity index (χ1) is 18.2. The van der Waals surface area contributed by atoms with E-state index in [4.69, 9.17) is 10.2 Å². The molecule has 0 bridgehead atoms. The Morgan fingerprint density at radius 2 is 1.87 bits per heavy atom. The maximum absolute atomic E-state index is 13.6. The van der Waals surface area contributed by atoms with Gasteiger partial charge in [-0.15, -0.1) is 11.3 Å². The van der Waals surface area contributed by atoms with E-state index in [2.05, 4.69) is 15.4 Å². The van der Waals surface area contributed by atoms with Gasteiger partial charge in [0.25, 0.3) is 5.91 Å². The topological polar surface area (TPSA) is 116 Å². The van der Waals surface area contributed by atoms with Gasteiger partial charge in [-0.3, -0.25) is 14.3 Å².